The van der Waals surface area contributed by atoms with Crippen LogP contribution >= 0.6 is 0 Å². The van der Waals surface area contributed by atoms with E-state index in [0.29, 0.717) is 25.2 Å². The van der Waals surface area contributed by atoms with Crippen molar-refractivity contribution >= 4 is 11.8 Å². The molecule has 0 spiro atoms. The molecule has 2 heterocycles. The zero-order chi connectivity index (χ0) is 22.7. The molecule has 164 valence electrons. The van der Waals surface area contributed by atoms with Gasteiger partial charge in [0.05, 0.1) is 5.71 Å². The molecule has 1 saturated heterocycles. The Hall–Kier alpha value is -3.67. The summed E-state index contributed by atoms with van der Waals surface area (Å²) in [6.45, 7) is 5.09. The summed E-state index contributed by atoms with van der Waals surface area (Å²) >= 11 is 0. The molecule has 3 aromatic rings. The number of aromatic nitrogens is 1. The Morgan fingerprint density at radius 3 is 2.47 bits per heavy atom. The van der Waals surface area contributed by atoms with Gasteiger partial charge in [0.1, 0.15) is 0 Å². The Morgan fingerprint density at radius 1 is 1.12 bits per heavy atom. The molecule has 1 aliphatic rings. The van der Waals surface area contributed by atoms with Crippen LogP contribution in [0.4, 0.5) is 4.79 Å². The second kappa shape index (κ2) is 9.22. The van der Waals surface area contributed by atoms with Crippen molar-refractivity contribution in [3.8, 4) is 0 Å². The van der Waals surface area contributed by atoms with Crippen LogP contribution in [-0.2, 0) is 0 Å². The van der Waals surface area contributed by atoms with Crippen molar-refractivity contribution in [1.29, 1.82) is 0 Å². The van der Waals surface area contributed by atoms with Crippen molar-refractivity contribution in [3.05, 3.63) is 100 Å². The minimum Gasteiger partial charge on any atom is -0.465 e. The highest BCUT2D eigenvalue weighted by molar-refractivity contribution is 6.01. The third kappa shape index (κ3) is 4.49. The summed E-state index contributed by atoms with van der Waals surface area (Å²) in [6.07, 6.45) is 1.41. The molecular formula is C26H27N3O3. The number of pyridine rings is 1. The summed E-state index contributed by atoms with van der Waals surface area (Å²) in [4.78, 5) is 16.7. The Labute approximate surface area is 187 Å². The van der Waals surface area contributed by atoms with Gasteiger partial charge in [-0.2, -0.15) is 0 Å². The summed E-state index contributed by atoms with van der Waals surface area (Å²) in [5.41, 5.74) is 6.99. The topological polar surface area (TPSA) is 86.0 Å². The molecule has 1 aliphatic heterocycles. The molecule has 2 aromatic carbocycles. The molecule has 1 amide bonds. The first kappa shape index (κ1) is 21.6. The quantitative estimate of drug-likeness (QED) is 0.321. The minimum absolute atomic E-state index is 0.0153. The minimum atomic E-state index is -0.861. The molecule has 1 fully saturated rings. The second-order valence-electron chi connectivity index (χ2n) is 8.40. The highest BCUT2D eigenvalue weighted by atomic mass is 16.4. The van der Waals surface area contributed by atoms with Crippen molar-refractivity contribution in [2.24, 2.45) is 5.16 Å². The average Bonchev–Trinajstić information content (AvgIpc) is 2.75. The van der Waals surface area contributed by atoms with Gasteiger partial charge in [0.25, 0.3) is 0 Å². The van der Waals surface area contributed by atoms with E-state index >= 15 is 0 Å². The van der Waals surface area contributed by atoms with Gasteiger partial charge >= 0.3 is 6.09 Å². The van der Waals surface area contributed by atoms with Gasteiger partial charge in [-0.25, -0.2) is 4.79 Å². The summed E-state index contributed by atoms with van der Waals surface area (Å²) in [7, 11) is 0. The lowest BCUT2D eigenvalue weighted by Gasteiger charge is -2.37. The molecule has 32 heavy (non-hydrogen) atoms. The first-order chi connectivity index (χ1) is 15.5. The van der Waals surface area contributed by atoms with E-state index in [-0.39, 0.29) is 11.8 Å². The van der Waals surface area contributed by atoms with Crippen LogP contribution in [-0.4, -0.2) is 45.1 Å². The van der Waals surface area contributed by atoms with E-state index in [2.05, 4.69) is 53.5 Å². The fourth-order valence-electron chi connectivity index (χ4n) is 4.37. The number of rotatable bonds is 6. The number of amides is 1. The van der Waals surface area contributed by atoms with Gasteiger partial charge in [0, 0.05) is 48.8 Å². The first-order valence-corrected chi connectivity index (χ1v) is 10.7. The molecule has 0 radical (unpaired) electrons. The zero-order valence-electron chi connectivity index (χ0n) is 18.3. The molecular weight excluding hydrogens is 402 g/mol. The predicted octanol–water partition coefficient (Wildman–Crippen LogP) is 5.18. The fraction of sp³-hybridized carbons (Fsp3) is 0.269. The summed E-state index contributed by atoms with van der Waals surface area (Å²) in [5, 5.41) is 22.5. The van der Waals surface area contributed by atoms with Crippen LogP contribution in [0.3, 0.4) is 0 Å². The van der Waals surface area contributed by atoms with Crippen molar-refractivity contribution in [2.45, 2.75) is 32.1 Å². The Balaban J connectivity index is 1.63. The van der Waals surface area contributed by atoms with Gasteiger partial charge in [0.15, 0.2) is 0 Å². The summed E-state index contributed by atoms with van der Waals surface area (Å²) < 4.78 is 0. The molecule has 6 heteroatoms. The Bertz CT molecular complexity index is 1140. The monoisotopic (exact) mass is 429 g/mol. The van der Waals surface area contributed by atoms with Crippen molar-refractivity contribution < 1.29 is 15.1 Å². The van der Waals surface area contributed by atoms with Crippen LogP contribution in [0.15, 0.2) is 72.0 Å². The van der Waals surface area contributed by atoms with Gasteiger partial charge < -0.3 is 15.2 Å². The van der Waals surface area contributed by atoms with Crippen LogP contribution in [0.1, 0.15) is 51.8 Å². The van der Waals surface area contributed by atoms with E-state index in [1.165, 1.54) is 16.0 Å². The number of oxime groups is 1. The predicted molar refractivity (Wildman–Crippen MR) is 124 cm³/mol. The molecule has 1 aromatic heterocycles. The van der Waals surface area contributed by atoms with Crippen LogP contribution in [0.25, 0.3) is 0 Å². The number of aryl methyl sites for hydroxylation is 2. The Kier molecular flexibility index (Phi) is 6.21. The van der Waals surface area contributed by atoms with Crippen molar-refractivity contribution in [2.75, 3.05) is 13.1 Å². The average molecular weight is 430 g/mol. The van der Waals surface area contributed by atoms with E-state index in [9.17, 15) is 10.0 Å². The fourth-order valence-corrected chi connectivity index (χ4v) is 4.37. The van der Waals surface area contributed by atoms with E-state index in [0.717, 1.165) is 22.4 Å². The highest BCUT2D eigenvalue weighted by Gasteiger charge is 2.31. The van der Waals surface area contributed by atoms with Gasteiger partial charge in [-0.05, 0) is 48.2 Å². The maximum atomic E-state index is 11.1. The molecule has 1 atom stereocenters. The molecule has 1 unspecified atom stereocenters. The first-order valence-electron chi connectivity index (χ1n) is 10.7. The standard InChI is InChI=1S/C26H27N3O3/c1-17-5-3-4-6-23(17)24(14-25(28-32)21-11-12-27-18(2)13-21)20-9-7-19(8-10-20)22-15-29(16-22)26(30)31/h3-13,22,24,32H,14-16H2,1-2H3,(H,30,31). The van der Waals surface area contributed by atoms with Crippen molar-refractivity contribution in [3.63, 3.8) is 0 Å². The largest absolute Gasteiger partial charge is 0.465 e. The van der Waals surface area contributed by atoms with Gasteiger partial charge in [0.2, 0.25) is 0 Å². The van der Waals surface area contributed by atoms with Crippen LogP contribution in [0.2, 0.25) is 0 Å². The zero-order valence-corrected chi connectivity index (χ0v) is 18.3. The highest BCUT2D eigenvalue weighted by Crippen LogP contribution is 2.34. The maximum absolute atomic E-state index is 11.1. The summed E-state index contributed by atoms with van der Waals surface area (Å²) in [6, 6.07) is 20.5. The number of hydrogen-bond donors (Lipinski definition) is 2. The number of carboxylic acid groups (broad SMARTS) is 1. The third-order valence-electron chi connectivity index (χ3n) is 6.27. The van der Waals surface area contributed by atoms with Gasteiger partial charge in [-0.1, -0.05) is 53.7 Å². The normalized spacial score (nSPS) is 15.3. The lowest BCUT2D eigenvalue weighted by molar-refractivity contribution is 0.105. The van der Waals surface area contributed by atoms with Gasteiger partial charge in [-0.3, -0.25) is 4.98 Å². The van der Waals surface area contributed by atoms with E-state index < -0.39 is 6.09 Å². The van der Waals surface area contributed by atoms with Crippen LogP contribution in [0, 0.1) is 13.8 Å². The molecule has 0 bridgehead atoms. The van der Waals surface area contributed by atoms with Crippen LogP contribution < -0.4 is 0 Å². The molecule has 0 saturated carbocycles. The number of hydrogen-bond acceptors (Lipinski definition) is 4. The van der Waals surface area contributed by atoms with E-state index in [1.54, 1.807) is 6.20 Å². The third-order valence-corrected chi connectivity index (χ3v) is 6.27. The number of nitrogens with zero attached hydrogens (tertiary/aromatic N) is 3. The van der Waals surface area contributed by atoms with E-state index in [1.807, 2.05) is 31.2 Å². The molecule has 0 aliphatic carbocycles. The molecule has 6 nitrogen and oxygen atoms in total. The molecule has 4 rings (SSSR count). The van der Waals surface area contributed by atoms with Gasteiger partial charge in [-0.15, -0.1) is 0 Å². The van der Waals surface area contributed by atoms with E-state index in [4.69, 9.17) is 5.11 Å². The smallest absolute Gasteiger partial charge is 0.407 e. The number of likely N-dealkylation sites (tertiary alicyclic amines) is 1. The second-order valence-corrected chi connectivity index (χ2v) is 8.40. The maximum Gasteiger partial charge on any atom is 0.407 e. The lowest BCUT2D eigenvalue weighted by Crippen LogP contribution is -2.47. The van der Waals surface area contributed by atoms with Crippen molar-refractivity contribution in [1.82, 2.24) is 9.88 Å². The Morgan fingerprint density at radius 2 is 1.84 bits per heavy atom. The SMILES string of the molecule is Cc1cc(C(CC(c2ccc(C3CN(C(=O)O)C3)cc2)c2ccccc2C)=NO)ccn1. The number of benzene rings is 2. The van der Waals surface area contributed by atoms with Crippen LogP contribution in [0.5, 0.6) is 0 Å². The lowest BCUT2D eigenvalue weighted by atomic mass is 9.82. The molecule has 2 N–H and O–H groups in total. The summed E-state index contributed by atoms with van der Waals surface area (Å²) in [5.74, 6) is 0.257. The number of carbonyl (C=O) groups is 1.